The van der Waals surface area contributed by atoms with E-state index in [-0.39, 0.29) is 77.3 Å². The van der Waals surface area contributed by atoms with Crippen LogP contribution in [-0.4, -0.2) is 138 Å². The van der Waals surface area contributed by atoms with Crippen LogP contribution in [0.4, 0.5) is 28.1 Å². The Morgan fingerprint density at radius 2 is 1.28 bits per heavy atom. The van der Waals surface area contributed by atoms with Gasteiger partial charge in [-0.2, -0.15) is 50.7 Å². The molecule has 4 atom stereocenters. The van der Waals surface area contributed by atoms with Crippen molar-refractivity contribution in [2.24, 2.45) is 14.1 Å². The number of rotatable bonds is 10. The summed E-state index contributed by atoms with van der Waals surface area (Å²) in [7, 11) is 4.94. The number of amides is 1. The van der Waals surface area contributed by atoms with Crippen LogP contribution in [0.3, 0.4) is 0 Å². The maximum atomic E-state index is 11.9. The van der Waals surface area contributed by atoms with Crippen LogP contribution in [0.15, 0.2) is 110 Å². The number of aliphatic hydroxyl groups is 1. The van der Waals surface area contributed by atoms with Crippen molar-refractivity contribution < 1.29 is 43.5 Å². The smallest absolute Gasteiger partial charge is 0.411 e. The molecule has 4 aromatic carbocycles. The summed E-state index contributed by atoms with van der Waals surface area (Å²) in [5.74, 6) is 6.80. The van der Waals surface area contributed by atoms with Crippen molar-refractivity contribution in [2.45, 2.75) is 83.1 Å². The van der Waals surface area contributed by atoms with Crippen LogP contribution >= 0.6 is 40.5 Å². The molecule has 0 radical (unpaired) electrons. The fourth-order valence-corrected chi connectivity index (χ4v) is 9.29. The maximum Gasteiger partial charge on any atom is 0.411 e. The minimum Gasteiger partial charge on any atom is -0.508 e. The first-order valence-electron chi connectivity index (χ1n) is 26.3. The lowest BCUT2D eigenvalue weighted by Gasteiger charge is -2.27. The highest BCUT2D eigenvalue weighted by Crippen LogP contribution is 2.33. The number of nitrogens with one attached hydrogen (secondary N) is 3. The highest BCUT2D eigenvalue weighted by molar-refractivity contribution is 7.59. The third-order valence-corrected chi connectivity index (χ3v) is 13.5. The van der Waals surface area contributed by atoms with Gasteiger partial charge in [0.15, 0.2) is 0 Å². The third-order valence-electron chi connectivity index (χ3n) is 12.6. The van der Waals surface area contributed by atoms with E-state index in [1.807, 2.05) is 87.2 Å². The lowest BCUT2D eigenvalue weighted by Crippen LogP contribution is -2.43. The number of aliphatic hydroxyl groups excluding tert-OH is 1. The molecule has 21 nitrogen and oxygen atoms in total. The molecule has 5 N–H and O–H groups in total. The molecule has 0 unspecified atom stereocenters. The number of ether oxygens (including phenoxy) is 4. The van der Waals surface area contributed by atoms with Gasteiger partial charge in [-0.25, -0.2) is 29.5 Å². The van der Waals surface area contributed by atoms with E-state index in [0.717, 1.165) is 60.9 Å². The summed E-state index contributed by atoms with van der Waals surface area (Å²) in [6.45, 7) is 12.5. The molecule has 1 amide bonds. The molecular formula is C60H72N12O9S3Si. The van der Waals surface area contributed by atoms with Crippen LogP contribution in [0.2, 0.25) is 19.6 Å². The Morgan fingerprint density at radius 1 is 0.729 bits per heavy atom. The van der Waals surface area contributed by atoms with E-state index >= 15 is 0 Å². The molecule has 0 saturated carbocycles. The van der Waals surface area contributed by atoms with Crippen molar-refractivity contribution in [3.63, 3.8) is 0 Å². The van der Waals surface area contributed by atoms with Crippen LogP contribution in [0.25, 0.3) is 44.1 Å². The van der Waals surface area contributed by atoms with Crippen LogP contribution in [0.1, 0.15) is 44.7 Å². The first kappa shape index (κ1) is 67.5. The average Bonchev–Trinajstić information content (AvgIpc) is 4.29. The first-order chi connectivity index (χ1) is 39.0. The summed E-state index contributed by atoms with van der Waals surface area (Å²) in [4.78, 5) is 54.4. The fourth-order valence-electron chi connectivity index (χ4n) is 8.77. The number of esters is 2. The number of carbonyl (C=O) groups excluding carboxylic acids is 3. The van der Waals surface area contributed by atoms with Crippen molar-refractivity contribution in [1.29, 1.82) is 0 Å². The van der Waals surface area contributed by atoms with E-state index in [2.05, 4.69) is 87.8 Å². The number of aryl methyl sites for hydroxylation is 2. The largest absolute Gasteiger partial charge is 0.508 e. The lowest BCUT2D eigenvalue weighted by atomic mass is 10.1. The molecule has 2 aliphatic heterocycles. The van der Waals surface area contributed by atoms with Crippen molar-refractivity contribution >= 4 is 112 Å². The highest BCUT2D eigenvalue weighted by atomic mass is 32.1. The number of carbonyl (C=O) groups is 3. The van der Waals surface area contributed by atoms with Gasteiger partial charge in [-0.3, -0.25) is 19.1 Å². The number of nitrogens with zero attached hydrogens (tertiary/aromatic N) is 9. The number of hydrogen-bond donors (Lipinski definition) is 5. The molecule has 2 aliphatic rings. The van der Waals surface area contributed by atoms with Crippen molar-refractivity contribution in [1.82, 2.24) is 49.7 Å². The quantitative estimate of drug-likeness (QED) is 0.0372. The molecule has 6 heterocycles. The van der Waals surface area contributed by atoms with Gasteiger partial charge in [0, 0.05) is 115 Å². The normalized spacial score (nSPS) is 16.0. The summed E-state index contributed by atoms with van der Waals surface area (Å²) in [5, 5.41) is 39.5. The van der Waals surface area contributed by atoms with Crippen LogP contribution < -0.4 is 20.7 Å². The van der Waals surface area contributed by atoms with Gasteiger partial charge >= 0.3 is 18.0 Å². The molecule has 8 aromatic rings. The molecule has 2 fully saturated rings. The zero-order valence-electron chi connectivity index (χ0n) is 48.9. The number of β-amino-alcohol motifs (C(OH)–C–C–N with tert-alkyl or cyclic N) is 1. The Labute approximate surface area is 516 Å². The Bertz CT molecular complexity index is 3760. The zero-order chi connectivity index (χ0) is 58.9. The second-order valence-electron chi connectivity index (χ2n) is 21.7. The van der Waals surface area contributed by atoms with Gasteiger partial charge in [0.2, 0.25) is 11.9 Å². The predicted molar refractivity (Wildman–Crippen MR) is 346 cm³/mol. The topological polar surface area (TPSA) is 255 Å². The number of aromatic nitrogens is 8. The van der Waals surface area contributed by atoms with Crippen molar-refractivity contribution in [2.75, 3.05) is 37.9 Å². The van der Waals surface area contributed by atoms with E-state index in [0.29, 0.717) is 36.3 Å². The molecule has 4 aromatic heterocycles. The minimum atomic E-state index is -1.42. The summed E-state index contributed by atoms with van der Waals surface area (Å²) in [5.41, 5.74) is 11.2. The van der Waals surface area contributed by atoms with Crippen LogP contribution in [0.5, 0.6) is 11.5 Å². The van der Waals surface area contributed by atoms with Gasteiger partial charge in [-0.05, 0) is 92.6 Å². The van der Waals surface area contributed by atoms with Crippen LogP contribution in [0, 0.1) is 23.8 Å². The number of terminal acetylenes is 1. The zero-order valence-corrected chi connectivity index (χ0v) is 52.9. The molecule has 2 saturated heterocycles. The lowest BCUT2D eigenvalue weighted by molar-refractivity contribution is -0.145. The number of fused-ring (bicyclic) bond motifs is 2. The average molecular weight is 1230 g/mol. The fraction of sp³-hybridized carbons (Fsp3) is 0.317. The first-order valence-corrected chi connectivity index (χ1v) is 29.8. The van der Waals surface area contributed by atoms with E-state index in [1.54, 1.807) is 67.1 Å². The highest BCUT2D eigenvalue weighted by Gasteiger charge is 2.41. The van der Waals surface area contributed by atoms with E-state index in [9.17, 15) is 24.6 Å². The Hall–Kier alpha value is -8.30. The molecule has 0 spiro atoms. The molecule has 0 aliphatic carbocycles. The second kappa shape index (κ2) is 29.5. The summed E-state index contributed by atoms with van der Waals surface area (Å²) in [6.07, 6.45) is 15.6. The molecular weight excluding hydrogens is 1160 g/mol. The number of aromatic hydroxyl groups is 1. The molecule has 0 bridgehead atoms. The standard InChI is InChI=1S/C26H24N6O3.C23H23N5OSi.C11H19NO5.3H2S/c1-4-16-5-6-23-18(7-16)12-28-26(31-23)30-20-8-17(19-13-29-32(2)15-19)9-21(10-20)35-22-11-24(27-14-22)25(33)34-3;1-28-15-19(14-25-28)17-10-20(12-21(29)11-17)26-23-24-13-18-9-16(5-6-22(18)27-23)7-8-30(2,3)4;1-11(2,3)17-10(15)12-6-7(13)5-8(12)9(14)16-4;;;/h1,5-10,12-13,15,22,24,27H,11,14H2,2-3H3,(H,28,30,31);5-6,9-15,29H,1-4H3,(H,24,26,27);7-8,13H,5-6H2,1-4H3;3*1H2/t22-,24-;;7-,8+;;;/m0.1.../s1. The number of hydrogen-bond acceptors (Lipinski definition) is 18. The molecule has 448 valence electrons. The summed E-state index contributed by atoms with van der Waals surface area (Å²) < 4.78 is 24.3. The molecule has 25 heteroatoms. The van der Waals surface area contributed by atoms with Gasteiger partial charge in [-0.1, -0.05) is 31.5 Å². The summed E-state index contributed by atoms with van der Waals surface area (Å²) in [6, 6.07) is 21.5. The minimum absolute atomic E-state index is 0. The second-order valence-corrected chi connectivity index (χ2v) is 26.4. The number of likely N-dealkylation sites (tertiary alicyclic amines) is 1. The monoisotopic (exact) mass is 1230 g/mol. The number of benzene rings is 4. The number of phenolic OH excluding ortho intramolecular Hbond substituents is 1. The molecule has 85 heavy (non-hydrogen) atoms. The van der Waals surface area contributed by atoms with Gasteiger partial charge in [-0.15, -0.1) is 12.0 Å². The van der Waals surface area contributed by atoms with E-state index in [1.165, 1.54) is 19.1 Å². The Balaban J connectivity index is 0.000000242. The Morgan fingerprint density at radius 3 is 1.81 bits per heavy atom. The van der Waals surface area contributed by atoms with E-state index in [4.69, 9.17) is 20.6 Å². The van der Waals surface area contributed by atoms with E-state index < -0.39 is 37.9 Å². The van der Waals surface area contributed by atoms with Gasteiger partial charge < -0.3 is 45.1 Å². The third kappa shape index (κ3) is 18.8. The van der Waals surface area contributed by atoms with Gasteiger partial charge in [0.1, 0.15) is 43.4 Å². The summed E-state index contributed by atoms with van der Waals surface area (Å²) >= 11 is 0. The Kier molecular flexibility index (Phi) is 23.4. The van der Waals surface area contributed by atoms with Gasteiger partial charge in [0.05, 0.1) is 50.3 Å². The SMILES string of the molecule is C#Cc1ccc2nc(Nc3cc(O[C@@H]4CN[C@H](C(=O)OC)C4)cc(-c4cnn(C)c4)c3)ncc2c1.COC(=O)[C@@H]1C[C@@H](O)CN1C(=O)OC(C)(C)C.Cn1cc(-c2cc(O)cc(Nc3ncc4cc(C#C[Si](C)(C)C)ccc4n3)c2)cn1.S.S.S. The molecule has 10 rings (SSSR count). The van der Waals surface area contributed by atoms with Crippen molar-refractivity contribution in [3.8, 4) is 57.6 Å². The predicted octanol–water partition coefficient (Wildman–Crippen LogP) is 8.61. The number of phenols is 1. The van der Waals surface area contributed by atoms with Crippen molar-refractivity contribution in [3.05, 3.63) is 121 Å². The number of methoxy groups -OCH3 is 2. The number of anilines is 4. The maximum absolute atomic E-state index is 11.9. The van der Waals surface area contributed by atoms with Gasteiger partial charge in [0.25, 0.3) is 0 Å². The van der Waals surface area contributed by atoms with Crippen LogP contribution in [-0.2, 0) is 37.9 Å².